The molecule has 0 bridgehead atoms. The summed E-state index contributed by atoms with van der Waals surface area (Å²) in [5.74, 6) is -0.266. The molecule has 1 aliphatic heterocycles. The van der Waals surface area contributed by atoms with Crippen molar-refractivity contribution >= 4 is 29.1 Å². The van der Waals surface area contributed by atoms with Gasteiger partial charge < -0.3 is 9.64 Å². The predicted molar refractivity (Wildman–Crippen MR) is 81.0 cm³/mol. The van der Waals surface area contributed by atoms with E-state index < -0.39 is 0 Å². The Bertz CT molecular complexity index is 669. The molecule has 0 N–H and O–H groups in total. The Morgan fingerprint density at radius 2 is 1.90 bits per heavy atom. The molecule has 20 heavy (non-hydrogen) atoms. The lowest BCUT2D eigenvalue weighted by atomic mass is 10.1. The smallest absolute Gasteiger partial charge is 0.338 e. The summed E-state index contributed by atoms with van der Waals surface area (Å²) in [5.41, 5.74) is 2.90. The molecular formula is C16H15NO2S. The SMILES string of the molecule is CCOC(=O)c1ccc2c(c1)Sc1ccccc1N2C. The van der Waals surface area contributed by atoms with Crippen LogP contribution < -0.4 is 4.90 Å². The largest absolute Gasteiger partial charge is 0.462 e. The molecule has 2 aromatic rings. The molecule has 1 aliphatic rings. The minimum atomic E-state index is -0.266. The van der Waals surface area contributed by atoms with Crippen LogP contribution in [-0.4, -0.2) is 19.6 Å². The van der Waals surface area contributed by atoms with Crippen LogP contribution in [0, 0.1) is 0 Å². The van der Waals surface area contributed by atoms with Crippen LogP contribution in [0.3, 0.4) is 0 Å². The molecule has 0 saturated heterocycles. The highest BCUT2D eigenvalue weighted by Gasteiger charge is 2.21. The number of fused-ring (bicyclic) bond motifs is 2. The van der Waals surface area contributed by atoms with Crippen molar-refractivity contribution in [3.05, 3.63) is 48.0 Å². The molecule has 0 atom stereocenters. The molecule has 4 heteroatoms. The summed E-state index contributed by atoms with van der Waals surface area (Å²) in [5, 5.41) is 0. The van der Waals surface area contributed by atoms with E-state index >= 15 is 0 Å². The number of hydrogen-bond donors (Lipinski definition) is 0. The van der Waals surface area contributed by atoms with Crippen LogP contribution in [0.25, 0.3) is 0 Å². The van der Waals surface area contributed by atoms with E-state index in [0.717, 1.165) is 10.6 Å². The molecule has 0 fully saturated rings. The van der Waals surface area contributed by atoms with Gasteiger partial charge >= 0.3 is 5.97 Å². The Morgan fingerprint density at radius 3 is 2.70 bits per heavy atom. The van der Waals surface area contributed by atoms with Gasteiger partial charge in [0.15, 0.2) is 0 Å². The number of esters is 1. The summed E-state index contributed by atoms with van der Waals surface area (Å²) in [7, 11) is 2.04. The zero-order valence-corrected chi connectivity index (χ0v) is 12.2. The van der Waals surface area contributed by atoms with Gasteiger partial charge in [0.05, 0.1) is 23.5 Å². The third-order valence-corrected chi connectivity index (χ3v) is 4.39. The Kier molecular flexibility index (Phi) is 3.40. The molecule has 0 aromatic heterocycles. The van der Waals surface area contributed by atoms with Crippen molar-refractivity contribution in [3.8, 4) is 0 Å². The van der Waals surface area contributed by atoms with Crippen LogP contribution in [0.4, 0.5) is 11.4 Å². The molecule has 0 saturated carbocycles. The maximum Gasteiger partial charge on any atom is 0.338 e. The van der Waals surface area contributed by atoms with Crippen molar-refractivity contribution in [1.82, 2.24) is 0 Å². The van der Waals surface area contributed by atoms with Crippen molar-refractivity contribution < 1.29 is 9.53 Å². The van der Waals surface area contributed by atoms with Gasteiger partial charge in [0.2, 0.25) is 0 Å². The normalized spacial score (nSPS) is 12.6. The van der Waals surface area contributed by atoms with E-state index in [9.17, 15) is 4.79 Å². The number of para-hydroxylation sites is 1. The van der Waals surface area contributed by atoms with Gasteiger partial charge in [0.1, 0.15) is 0 Å². The van der Waals surface area contributed by atoms with Crippen molar-refractivity contribution in [2.45, 2.75) is 16.7 Å². The molecule has 0 aliphatic carbocycles. The van der Waals surface area contributed by atoms with E-state index in [2.05, 4.69) is 17.0 Å². The number of carbonyl (C=O) groups is 1. The molecule has 3 rings (SSSR count). The topological polar surface area (TPSA) is 29.5 Å². The van der Waals surface area contributed by atoms with Gasteiger partial charge in [-0.2, -0.15) is 0 Å². The first kappa shape index (κ1) is 13.1. The first-order valence-corrected chi connectivity index (χ1v) is 7.34. The minimum Gasteiger partial charge on any atom is -0.462 e. The molecule has 0 unspecified atom stereocenters. The van der Waals surface area contributed by atoms with Crippen LogP contribution >= 0.6 is 11.8 Å². The summed E-state index contributed by atoms with van der Waals surface area (Å²) < 4.78 is 5.05. The van der Waals surface area contributed by atoms with Crippen molar-refractivity contribution in [2.75, 3.05) is 18.6 Å². The monoisotopic (exact) mass is 285 g/mol. The Hall–Kier alpha value is -1.94. The molecule has 3 nitrogen and oxygen atoms in total. The number of ether oxygens (including phenoxy) is 1. The molecule has 0 radical (unpaired) electrons. The Labute approximate surface area is 122 Å². The number of nitrogens with zero attached hydrogens (tertiary/aromatic N) is 1. The maximum absolute atomic E-state index is 11.8. The molecule has 2 aromatic carbocycles. The van der Waals surface area contributed by atoms with Gasteiger partial charge in [0, 0.05) is 16.8 Å². The highest BCUT2D eigenvalue weighted by Crippen LogP contribution is 2.47. The number of anilines is 2. The number of hydrogen-bond acceptors (Lipinski definition) is 4. The van der Waals surface area contributed by atoms with E-state index in [1.807, 2.05) is 44.3 Å². The van der Waals surface area contributed by atoms with Gasteiger partial charge in [-0.1, -0.05) is 23.9 Å². The van der Waals surface area contributed by atoms with Gasteiger partial charge in [-0.3, -0.25) is 0 Å². The van der Waals surface area contributed by atoms with Gasteiger partial charge in [-0.05, 0) is 37.3 Å². The number of rotatable bonds is 2. The molecule has 102 valence electrons. The van der Waals surface area contributed by atoms with Gasteiger partial charge in [-0.15, -0.1) is 0 Å². The van der Waals surface area contributed by atoms with Crippen molar-refractivity contribution in [3.63, 3.8) is 0 Å². The predicted octanol–water partition coefficient (Wildman–Crippen LogP) is 4.10. The quantitative estimate of drug-likeness (QED) is 0.777. The fraction of sp³-hybridized carbons (Fsp3) is 0.188. The highest BCUT2D eigenvalue weighted by molar-refractivity contribution is 7.99. The standard InChI is InChI=1S/C16H15NO2S/c1-3-19-16(18)11-8-9-13-15(10-11)20-14-7-5-4-6-12(14)17(13)2/h4-10H,3H2,1-2H3. The minimum absolute atomic E-state index is 0.266. The lowest BCUT2D eigenvalue weighted by Crippen LogP contribution is -2.15. The first-order chi connectivity index (χ1) is 9.70. The fourth-order valence-corrected chi connectivity index (χ4v) is 3.47. The average molecular weight is 285 g/mol. The second-order valence-electron chi connectivity index (χ2n) is 4.53. The second-order valence-corrected chi connectivity index (χ2v) is 5.62. The summed E-state index contributed by atoms with van der Waals surface area (Å²) in [6.45, 7) is 2.21. The third kappa shape index (κ3) is 2.16. The average Bonchev–Trinajstić information content (AvgIpc) is 2.47. The van der Waals surface area contributed by atoms with E-state index in [1.54, 1.807) is 11.8 Å². The summed E-state index contributed by atoms with van der Waals surface area (Å²) in [6.07, 6.45) is 0. The molecule has 1 heterocycles. The van der Waals surface area contributed by atoms with Crippen LogP contribution in [0.15, 0.2) is 52.3 Å². The van der Waals surface area contributed by atoms with Crippen LogP contribution in [0.5, 0.6) is 0 Å². The molecular weight excluding hydrogens is 270 g/mol. The van der Waals surface area contributed by atoms with Gasteiger partial charge in [0.25, 0.3) is 0 Å². The number of carbonyl (C=O) groups excluding carboxylic acids is 1. The van der Waals surface area contributed by atoms with Gasteiger partial charge in [-0.25, -0.2) is 4.79 Å². The lowest BCUT2D eigenvalue weighted by molar-refractivity contribution is 0.0526. The third-order valence-electron chi connectivity index (χ3n) is 3.28. The molecule has 0 spiro atoms. The fourth-order valence-electron chi connectivity index (χ4n) is 2.28. The van der Waals surface area contributed by atoms with Crippen LogP contribution in [0.1, 0.15) is 17.3 Å². The van der Waals surface area contributed by atoms with Crippen LogP contribution in [0.2, 0.25) is 0 Å². The summed E-state index contributed by atoms with van der Waals surface area (Å²) >= 11 is 1.69. The zero-order chi connectivity index (χ0) is 14.1. The van der Waals surface area contributed by atoms with E-state index in [-0.39, 0.29) is 5.97 Å². The Morgan fingerprint density at radius 1 is 1.15 bits per heavy atom. The highest BCUT2D eigenvalue weighted by atomic mass is 32.2. The lowest BCUT2D eigenvalue weighted by Gasteiger charge is -2.29. The van der Waals surface area contributed by atoms with E-state index in [4.69, 9.17) is 4.74 Å². The van der Waals surface area contributed by atoms with Crippen molar-refractivity contribution in [1.29, 1.82) is 0 Å². The van der Waals surface area contributed by atoms with E-state index in [0.29, 0.717) is 12.2 Å². The summed E-state index contributed by atoms with van der Waals surface area (Å²) in [6, 6.07) is 14.0. The first-order valence-electron chi connectivity index (χ1n) is 6.52. The second kappa shape index (κ2) is 5.21. The maximum atomic E-state index is 11.8. The van der Waals surface area contributed by atoms with Crippen molar-refractivity contribution in [2.24, 2.45) is 0 Å². The van der Waals surface area contributed by atoms with Crippen LogP contribution in [-0.2, 0) is 4.74 Å². The zero-order valence-electron chi connectivity index (χ0n) is 11.4. The Balaban J connectivity index is 2.01. The molecule has 0 amide bonds. The number of benzene rings is 2. The summed E-state index contributed by atoms with van der Waals surface area (Å²) in [4.78, 5) is 16.2. The van der Waals surface area contributed by atoms with E-state index in [1.165, 1.54) is 10.6 Å².